The van der Waals surface area contributed by atoms with E-state index in [1.54, 1.807) is 16.6 Å². The van der Waals surface area contributed by atoms with Gasteiger partial charge in [0.2, 0.25) is 0 Å². The van der Waals surface area contributed by atoms with Gasteiger partial charge in [0.25, 0.3) is 0 Å². The molecule has 0 aliphatic rings. The summed E-state index contributed by atoms with van der Waals surface area (Å²) in [4.78, 5) is 17.3. The Morgan fingerprint density at radius 3 is 3.13 bits per heavy atom. The number of hydrogen-bond donors (Lipinski definition) is 0. The molecule has 0 saturated carbocycles. The Bertz CT molecular complexity index is 381. The number of aromatic nitrogens is 1. The van der Waals surface area contributed by atoms with Crippen molar-refractivity contribution in [2.24, 2.45) is 0 Å². The quantitative estimate of drug-likeness (QED) is 0.835. The molecule has 0 radical (unpaired) electrons. The Kier molecular flexibility index (Phi) is 5.22. The van der Waals surface area contributed by atoms with Crippen LogP contribution in [0.3, 0.4) is 0 Å². The lowest BCUT2D eigenvalue weighted by Crippen LogP contribution is -2.09. The lowest BCUT2D eigenvalue weighted by molar-refractivity contribution is -0.119. The van der Waals surface area contributed by atoms with Gasteiger partial charge in [0.05, 0.1) is 6.07 Å². The third-order valence-corrected chi connectivity index (χ3v) is 3.01. The second-order valence-corrected chi connectivity index (χ2v) is 4.25. The van der Waals surface area contributed by atoms with Crippen molar-refractivity contribution in [2.45, 2.75) is 18.8 Å². The lowest BCUT2D eigenvalue weighted by Gasteiger charge is -2.02. The molecule has 0 aliphatic heterocycles. The van der Waals surface area contributed by atoms with Crippen LogP contribution in [-0.2, 0) is 4.79 Å². The molecule has 0 bridgehead atoms. The van der Waals surface area contributed by atoms with Gasteiger partial charge in [-0.25, -0.2) is 4.98 Å². The van der Waals surface area contributed by atoms with Gasteiger partial charge in [0, 0.05) is 18.0 Å². The van der Waals surface area contributed by atoms with E-state index in [-0.39, 0.29) is 5.78 Å². The highest BCUT2D eigenvalue weighted by atomic mass is 79.9. The molecule has 0 aliphatic carbocycles. The second-order valence-electron chi connectivity index (χ2n) is 2.80. The Labute approximate surface area is 101 Å². The molecule has 0 saturated heterocycles. The highest BCUT2D eigenvalue weighted by molar-refractivity contribution is 9.11. The first kappa shape index (κ1) is 12.1. The average molecular weight is 285 g/mol. The van der Waals surface area contributed by atoms with E-state index in [1.165, 1.54) is 11.3 Å². The topological polar surface area (TPSA) is 53.8 Å². The van der Waals surface area contributed by atoms with Crippen molar-refractivity contribution >= 4 is 33.0 Å². The fourth-order valence-corrected chi connectivity index (χ4v) is 2.04. The predicted octanol–water partition coefficient (Wildman–Crippen LogP) is 3.01. The Balaban J connectivity index is 2.61. The average Bonchev–Trinajstić information content (AvgIpc) is 2.73. The summed E-state index contributed by atoms with van der Waals surface area (Å²) >= 11 is 4.47. The maximum Gasteiger partial charge on any atom is 0.157 e. The highest BCUT2D eigenvalue weighted by Gasteiger charge is 2.21. The molecule has 3 nitrogen and oxygen atoms in total. The van der Waals surface area contributed by atoms with Gasteiger partial charge in [-0.05, 0) is 11.4 Å². The van der Waals surface area contributed by atoms with Crippen LogP contribution in [0.2, 0.25) is 0 Å². The van der Waals surface area contributed by atoms with Crippen LogP contribution in [0.1, 0.15) is 23.8 Å². The molecule has 15 heavy (non-hydrogen) atoms. The molecule has 0 fully saturated rings. The number of rotatable bonds is 5. The van der Waals surface area contributed by atoms with E-state index in [9.17, 15) is 4.79 Å². The second kappa shape index (κ2) is 6.49. The summed E-state index contributed by atoms with van der Waals surface area (Å²) in [7, 11) is 0. The number of nitrogens with zero attached hydrogens (tertiary/aromatic N) is 2. The number of ketones is 1. The van der Waals surface area contributed by atoms with Gasteiger partial charge in [-0.3, -0.25) is 4.79 Å². The number of thiazole rings is 1. The molecule has 1 aromatic heterocycles. The Morgan fingerprint density at radius 2 is 2.60 bits per heavy atom. The van der Waals surface area contributed by atoms with E-state index in [0.717, 1.165) is 0 Å². The summed E-state index contributed by atoms with van der Waals surface area (Å²) in [6, 6.07) is 1.99. The van der Waals surface area contributed by atoms with Crippen LogP contribution in [0, 0.1) is 11.3 Å². The summed E-state index contributed by atoms with van der Waals surface area (Å²) in [6.45, 7) is 0. The van der Waals surface area contributed by atoms with Gasteiger partial charge in [0.1, 0.15) is 5.01 Å². The van der Waals surface area contributed by atoms with Crippen LogP contribution in [0.5, 0.6) is 0 Å². The predicted molar refractivity (Wildman–Crippen MR) is 62.8 cm³/mol. The molecule has 0 spiro atoms. The van der Waals surface area contributed by atoms with Crippen LogP contribution in [0.15, 0.2) is 22.6 Å². The number of halogens is 1. The van der Waals surface area contributed by atoms with Gasteiger partial charge < -0.3 is 0 Å². The Morgan fingerprint density at radius 1 is 1.80 bits per heavy atom. The van der Waals surface area contributed by atoms with Crippen molar-refractivity contribution in [1.29, 1.82) is 5.26 Å². The zero-order chi connectivity index (χ0) is 11.1. The molecular weight excluding hydrogens is 276 g/mol. The maximum atomic E-state index is 11.6. The molecule has 0 aromatic carbocycles. The zero-order valence-electron chi connectivity index (χ0n) is 7.89. The van der Waals surface area contributed by atoms with E-state index in [4.69, 9.17) is 5.26 Å². The van der Waals surface area contributed by atoms with Crippen LogP contribution >= 0.6 is 27.3 Å². The third kappa shape index (κ3) is 3.57. The normalized spacial score (nSPS) is 12.5. The molecule has 1 heterocycles. The van der Waals surface area contributed by atoms with E-state index >= 15 is 0 Å². The summed E-state index contributed by atoms with van der Waals surface area (Å²) in [5, 5.41) is 11.3. The fraction of sp³-hybridized carbons (Fsp3) is 0.300. The van der Waals surface area contributed by atoms with Crippen LogP contribution in [0.4, 0.5) is 0 Å². The van der Waals surface area contributed by atoms with Crippen molar-refractivity contribution in [3.8, 4) is 6.07 Å². The maximum absolute atomic E-state index is 11.6. The van der Waals surface area contributed by atoms with Crippen LogP contribution in [0.25, 0.3) is 0 Å². The minimum absolute atomic E-state index is 0.0712. The largest absolute Gasteiger partial charge is 0.298 e. The van der Waals surface area contributed by atoms with Crippen molar-refractivity contribution in [1.82, 2.24) is 4.98 Å². The first-order chi connectivity index (χ1) is 7.29. The molecule has 1 atom stereocenters. The monoisotopic (exact) mass is 284 g/mol. The summed E-state index contributed by atoms with van der Waals surface area (Å²) in [5.41, 5.74) is 0. The highest BCUT2D eigenvalue weighted by Crippen LogP contribution is 2.20. The van der Waals surface area contributed by atoms with Crippen molar-refractivity contribution in [2.75, 3.05) is 0 Å². The minimum Gasteiger partial charge on any atom is -0.298 e. The molecule has 1 aromatic rings. The number of hydrogen-bond acceptors (Lipinski definition) is 4. The standard InChI is InChI=1S/C10H9BrN2OS/c11-4-2-1-3-9(14)8(7-12)10-13-5-6-15-10/h2,4-6,8H,1,3H2/b4-2+. The van der Waals surface area contributed by atoms with Gasteiger partial charge in [-0.1, -0.05) is 22.0 Å². The summed E-state index contributed by atoms with van der Waals surface area (Å²) in [5.74, 6) is -0.772. The summed E-state index contributed by atoms with van der Waals surface area (Å²) < 4.78 is 0. The van der Waals surface area contributed by atoms with Crippen LogP contribution in [-0.4, -0.2) is 10.8 Å². The number of allylic oxidation sites excluding steroid dienone is 1. The van der Waals surface area contributed by atoms with E-state index in [0.29, 0.717) is 17.8 Å². The number of carbonyl (C=O) groups excluding carboxylic acids is 1. The first-order valence-electron chi connectivity index (χ1n) is 4.36. The lowest BCUT2D eigenvalue weighted by atomic mass is 10.0. The van der Waals surface area contributed by atoms with E-state index in [1.807, 2.05) is 12.1 Å². The van der Waals surface area contributed by atoms with E-state index in [2.05, 4.69) is 20.9 Å². The fourth-order valence-electron chi connectivity index (χ4n) is 1.07. The number of carbonyl (C=O) groups is 1. The first-order valence-corrected chi connectivity index (χ1v) is 6.16. The molecule has 0 amide bonds. The summed E-state index contributed by atoms with van der Waals surface area (Å²) in [6.07, 6.45) is 4.47. The van der Waals surface area contributed by atoms with Crippen molar-refractivity contribution < 1.29 is 4.79 Å². The Hall–Kier alpha value is -0.990. The van der Waals surface area contributed by atoms with Gasteiger partial charge in [-0.15, -0.1) is 11.3 Å². The smallest absolute Gasteiger partial charge is 0.157 e. The molecular formula is C10H9BrN2OS. The van der Waals surface area contributed by atoms with E-state index < -0.39 is 5.92 Å². The molecule has 0 N–H and O–H groups in total. The molecule has 5 heteroatoms. The molecule has 1 unspecified atom stereocenters. The molecule has 1 rings (SSSR count). The SMILES string of the molecule is N#CC(C(=O)CC/C=C/Br)c1nccs1. The van der Waals surface area contributed by atoms with Crippen LogP contribution < -0.4 is 0 Å². The van der Waals surface area contributed by atoms with Gasteiger partial charge >= 0.3 is 0 Å². The minimum atomic E-state index is -0.700. The van der Waals surface area contributed by atoms with Gasteiger partial charge in [-0.2, -0.15) is 5.26 Å². The van der Waals surface area contributed by atoms with Crippen molar-refractivity contribution in [3.05, 3.63) is 27.6 Å². The zero-order valence-corrected chi connectivity index (χ0v) is 10.3. The molecule has 78 valence electrons. The number of nitriles is 1. The number of Topliss-reactive ketones (excluding diaryl/α,β-unsaturated/α-hetero) is 1. The van der Waals surface area contributed by atoms with Crippen molar-refractivity contribution in [3.63, 3.8) is 0 Å². The van der Waals surface area contributed by atoms with Gasteiger partial charge in [0.15, 0.2) is 11.7 Å². The third-order valence-electron chi connectivity index (χ3n) is 1.80.